The highest BCUT2D eigenvalue weighted by atomic mass is 32.2. The van der Waals surface area contributed by atoms with Gasteiger partial charge in [0.2, 0.25) is 5.91 Å². The molecule has 3 heterocycles. The zero-order valence-electron chi connectivity index (χ0n) is 11.7. The molecule has 2 aliphatic rings. The van der Waals surface area contributed by atoms with E-state index in [-0.39, 0.29) is 17.3 Å². The lowest BCUT2D eigenvalue weighted by molar-refractivity contribution is -0.134. The van der Waals surface area contributed by atoms with Crippen LogP contribution in [-0.4, -0.2) is 65.7 Å². The van der Waals surface area contributed by atoms with Gasteiger partial charge in [0.05, 0.1) is 11.4 Å². The van der Waals surface area contributed by atoms with Gasteiger partial charge >= 0.3 is 0 Å². The van der Waals surface area contributed by atoms with Crippen LogP contribution in [0.5, 0.6) is 0 Å². The second-order valence-corrected chi connectivity index (χ2v) is 6.49. The summed E-state index contributed by atoms with van der Waals surface area (Å²) < 4.78 is 0. The molecular weight excluding hydrogens is 272 g/mol. The first kappa shape index (κ1) is 13.9. The number of nitrogens with zero attached hydrogens (tertiary/aromatic N) is 3. The molecule has 5 nitrogen and oxygen atoms in total. The van der Waals surface area contributed by atoms with Gasteiger partial charge in [0.15, 0.2) is 0 Å². The van der Waals surface area contributed by atoms with Crippen molar-refractivity contribution >= 4 is 17.7 Å². The van der Waals surface area contributed by atoms with Crippen LogP contribution in [0.1, 0.15) is 10.9 Å². The minimum absolute atomic E-state index is 0.0615. The SMILES string of the molecule is CN1CCN(C(=O)C2CSC(c3cccnc3)N2)CC1. The molecule has 6 heteroatoms. The predicted molar refractivity (Wildman–Crippen MR) is 80.4 cm³/mol. The maximum Gasteiger partial charge on any atom is 0.240 e. The van der Waals surface area contributed by atoms with Crippen LogP contribution in [0.2, 0.25) is 0 Å². The number of hydrogen-bond acceptors (Lipinski definition) is 5. The minimum atomic E-state index is -0.0615. The van der Waals surface area contributed by atoms with Gasteiger partial charge in [0, 0.05) is 44.3 Å². The zero-order valence-corrected chi connectivity index (χ0v) is 12.5. The maximum absolute atomic E-state index is 12.5. The van der Waals surface area contributed by atoms with E-state index in [0.29, 0.717) is 0 Å². The van der Waals surface area contributed by atoms with E-state index < -0.39 is 0 Å². The smallest absolute Gasteiger partial charge is 0.240 e. The fraction of sp³-hybridized carbons (Fsp3) is 0.571. The third-order valence-electron chi connectivity index (χ3n) is 3.88. The van der Waals surface area contributed by atoms with Gasteiger partial charge in [-0.15, -0.1) is 11.8 Å². The predicted octanol–water partition coefficient (Wildman–Crippen LogP) is 0.559. The molecule has 1 aromatic heterocycles. The Kier molecular flexibility index (Phi) is 4.24. The zero-order chi connectivity index (χ0) is 13.9. The molecule has 0 aliphatic carbocycles. The fourth-order valence-corrected chi connectivity index (χ4v) is 3.80. The van der Waals surface area contributed by atoms with Crippen molar-refractivity contribution in [3.05, 3.63) is 30.1 Å². The van der Waals surface area contributed by atoms with E-state index >= 15 is 0 Å². The van der Waals surface area contributed by atoms with E-state index in [0.717, 1.165) is 37.5 Å². The van der Waals surface area contributed by atoms with Crippen molar-refractivity contribution in [2.24, 2.45) is 0 Å². The Morgan fingerprint density at radius 2 is 2.20 bits per heavy atom. The Bertz CT molecular complexity index is 462. The van der Waals surface area contributed by atoms with E-state index in [1.165, 1.54) is 0 Å². The van der Waals surface area contributed by atoms with E-state index in [1.54, 1.807) is 18.0 Å². The number of hydrogen-bond donors (Lipinski definition) is 1. The van der Waals surface area contributed by atoms with Crippen LogP contribution < -0.4 is 5.32 Å². The highest BCUT2D eigenvalue weighted by Gasteiger charge is 2.33. The van der Waals surface area contributed by atoms with Crippen LogP contribution in [0.15, 0.2) is 24.5 Å². The first-order chi connectivity index (χ1) is 9.74. The van der Waals surface area contributed by atoms with Crippen molar-refractivity contribution in [1.82, 2.24) is 20.1 Å². The van der Waals surface area contributed by atoms with E-state index in [2.05, 4.69) is 28.3 Å². The molecule has 2 fully saturated rings. The first-order valence-corrected chi connectivity index (χ1v) is 8.04. The molecular formula is C14H20N4OS. The number of amides is 1. The van der Waals surface area contributed by atoms with Crippen molar-refractivity contribution in [2.45, 2.75) is 11.4 Å². The topological polar surface area (TPSA) is 48.5 Å². The average molecular weight is 292 g/mol. The molecule has 0 saturated carbocycles. The Hall–Kier alpha value is -1.11. The molecule has 1 N–H and O–H groups in total. The summed E-state index contributed by atoms with van der Waals surface area (Å²) in [5.74, 6) is 1.09. The largest absolute Gasteiger partial charge is 0.339 e. The van der Waals surface area contributed by atoms with Gasteiger partial charge < -0.3 is 9.80 Å². The third kappa shape index (κ3) is 2.97. The monoisotopic (exact) mass is 292 g/mol. The molecule has 0 spiro atoms. The third-order valence-corrected chi connectivity index (χ3v) is 5.15. The number of nitrogens with one attached hydrogen (secondary N) is 1. The van der Waals surface area contributed by atoms with Crippen molar-refractivity contribution in [2.75, 3.05) is 39.0 Å². The molecule has 1 aromatic rings. The molecule has 0 radical (unpaired) electrons. The van der Waals surface area contributed by atoms with Crippen LogP contribution in [0.25, 0.3) is 0 Å². The molecule has 20 heavy (non-hydrogen) atoms. The molecule has 1 amide bonds. The number of piperazine rings is 1. The van der Waals surface area contributed by atoms with Crippen molar-refractivity contribution in [3.63, 3.8) is 0 Å². The molecule has 2 saturated heterocycles. The summed E-state index contributed by atoms with van der Waals surface area (Å²) in [6.45, 7) is 3.63. The highest BCUT2D eigenvalue weighted by Crippen LogP contribution is 2.32. The number of likely N-dealkylation sites (N-methyl/N-ethyl adjacent to an activating group) is 1. The number of carbonyl (C=O) groups excluding carboxylic acids is 1. The van der Waals surface area contributed by atoms with Crippen LogP contribution >= 0.6 is 11.8 Å². The van der Waals surface area contributed by atoms with E-state index in [1.807, 2.05) is 17.2 Å². The summed E-state index contributed by atoms with van der Waals surface area (Å²) in [6, 6.07) is 3.93. The summed E-state index contributed by atoms with van der Waals surface area (Å²) in [7, 11) is 2.10. The molecule has 0 aromatic carbocycles. The summed E-state index contributed by atoms with van der Waals surface area (Å²) in [4.78, 5) is 20.9. The molecule has 0 bridgehead atoms. The summed E-state index contributed by atoms with van der Waals surface area (Å²) >= 11 is 1.79. The molecule has 2 unspecified atom stereocenters. The van der Waals surface area contributed by atoms with Gasteiger partial charge in [-0.05, 0) is 18.7 Å². The van der Waals surface area contributed by atoms with Gasteiger partial charge in [-0.25, -0.2) is 0 Å². The van der Waals surface area contributed by atoms with Crippen LogP contribution in [-0.2, 0) is 4.79 Å². The van der Waals surface area contributed by atoms with Crippen molar-refractivity contribution in [1.29, 1.82) is 0 Å². The summed E-state index contributed by atoms with van der Waals surface area (Å²) in [6.07, 6.45) is 3.64. The molecule has 2 aliphatic heterocycles. The Labute approximate surface area is 123 Å². The second kappa shape index (κ2) is 6.11. The summed E-state index contributed by atoms with van der Waals surface area (Å²) in [5, 5.41) is 3.62. The molecule has 2 atom stereocenters. The Morgan fingerprint density at radius 3 is 2.90 bits per heavy atom. The van der Waals surface area contributed by atoms with E-state index in [4.69, 9.17) is 0 Å². The highest BCUT2D eigenvalue weighted by molar-refractivity contribution is 7.99. The normalized spacial score (nSPS) is 27.8. The number of thioether (sulfide) groups is 1. The standard InChI is InChI=1S/C14H20N4OS/c1-17-5-7-18(8-6-17)14(19)12-10-20-13(16-12)11-3-2-4-15-9-11/h2-4,9,12-13,16H,5-8,10H2,1H3. The minimum Gasteiger partial charge on any atom is -0.339 e. The van der Waals surface area contributed by atoms with Gasteiger partial charge in [-0.3, -0.25) is 15.1 Å². The number of aromatic nitrogens is 1. The molecule has 3 rings (SSSR count). The van der Waals surface area contributed by atoms with Crippen molar-refractivity contribution in [3.8, 4) is 0 Å². The lowest BCUT2D eigenvalue weighted by atomic mass is 10.2. The quantitative estimate of drug-likeness (QED) is 0.863. The van der Waals surface area contributed by atoms with E-state index in [9.17, 15) is 4.79 Å². The van der Waals surface area contributed by atoms with Crippen LogP contribution in [0.4, 0.5) is 0 Å². The van der Waals surface area contributed by atoms with Crippen LogP contribution in [0.3, 0.4) is 0 Å². The van der Waals surface area contributed by atoms with Crippen LogP contribution in [0, 0.1) is 0 Å². The van der Waals surface area contributed by atoms with Gasteiger partial charge in [-0.2, -0.15) is 0 Å². The van der Waals surface area contributed by atoms with Gasteiger partial charge in [-0.1, -0.05) is 6.07 Å². The van der Waals surface area contributed by atoms with Gasteiger partial charge in [0.1, 0.15) is 0 Å². The fourth-order valence-electron chi connectivity index (χ4n) is 2.58. The Balaban J connectivity index is 1.58. The maximum atomic E-state index is 12.5. The number of carbonyl (C=O) groups is 1. The number of rotatable bonds is 2. The van der Waals surface area contributed by atoms with Gasteiger partial charge in [0.25, 0.3) is 0 Å². The summed E-state index contributed by atoms with van der Waals surface area (Å²) in [5.41, 5.74) is 1.14. The molecule has 108 valence electrons. The lowest BCUT2D eigenvalue weighted by Gasteiger charge is -2.33. The average Bonchev–Trinajstić information content (AvgIpc) is 2.98. The lowest BCUT2D eigenvalue weighted by Crippen LogP contribution is -2.52. The second-order valence-electron chi connectivity index (χ2n) is 5.35. The van der Waals surface area contributed by atoms with Crippen molar-refractivity contribution < 1.29 is 4.79 Å². The number of pyridine rings is 1. The first-order valence-electron chi connectivity index (χ1n) is 6.99. The Morgan fingerprint density at radius 1 is 1.40 bits per heavy atom.